The zero-order valence-electron chi connectivity index (χ0n) is 16.3. The highest BCUT2D eigenvalue weighted by Crippen LogP contribution is 2.33. The summed E-state index contributed by atoms with van der Waals surface area (Å²) in [7, 11) is 1.92. The van der Waals surface area contributed by atoms with Crippen molar-refractivity contribution in [3.05, 3.63) is 30.4 Å². The predicted molar refractivity (Wildman–Crippen MR) is 108 cm³/mol. The van der Waals surface area contributed by atoms with Crippen LogP contribution in [0.2, 0.25) is 0 Å². The standard InChI is InChI=1S/C12H13N5.C8H14FNO/c1-7-9(6-16-17-7)10-5-15-12-8(3-4-14-12)11(10)13-2;9-7-2-1-3-10(4-7)8-5-11-6-8/h3-6H,1-2H3,(H,16,17)(H2,13,14,15);7-8H,1-6H2. The first-order valence-electron chi connectivity index (χ1n) is 9.77. The van der Waals surface area contributed by atoms with E-state index in [0.29, 0.717) is 12.6 Å². The number of likely N-dealkylation sites (tertiary alicyclic amines) is 1. The van der Waals surface area contributed by atoms with Gasteiger partial charge in [-0.1, -0.05) is 0 Å². The second-order valence-electron chi connectivity index (χ2n) is 7.37. The highest BCUT2D eigenvalue weighted by molar-refractivity contribution is 5.98. The van der Waals surface area contributed by atoms with E-state index in [1.807, 2.05) is 38.6 Å². The van der Waals surface area contributed by atoms with E-state index in [2.05, 4.69) is 30.4 Å². The fourth-order valence-corrected chi connectivity index (χ4v) is 3.82. The number of ether oxygens (including phenoxy) is 1. The fourth-order valence-electron chi connectivity index (χ4n) is 3.82. The lowest BCUT2D eigenvalue weighted by Crippen LogP contribution is -2.52. The maximum absolute atomic E-state index is 12.9. The zero-order valence-corrected chi connectivity index (χ0v) is 16.3. The summed E-state index contributed by atoms with van der Waals surface area (Å²) in [6, 6.07) is 2.54. The quantitative estimate of drug-likeness (QED) is 0.644. The number of H-pyrrole nitrogens is 2. The molecule has 2 aliphatic rings. The Morgan fingerprint density at radius 2 is 2.14 bits per heavy atom. The number of nitrogens with zero attached hydrogens (tertiary/aromatic N) is 3. The normalized spacial score (nSPS) is 20.5. The van der Waals surface area contributed by atoms with Crippen LogP contribution < -0.4 is 5.32 Å². The number of hydrogen-bond acceptors (Lipinski definition) is 5. The summed E-state index contributed by atoms with van der Waals surface area (Å²) in [5.74, 6) is 0. The van der Waals surface area contributed by atoms with Crippen LogP contribution in [0.4, 0.5) is 10.1 Å². The molecule has 0 spiro atoms. The molecule has 28 heavy (non-hydrogen) atoms. The molecule has 1 atom stereocenters. The Balaban J connectivity index is 0.000000151. The predicted octanol–water partition coefficient (Wildman–Crippen LogP) is 3.12. The van der Waals surface area contributed by atoms with E-state index < -0.39 is 6.17 Å². The van der Waals surface area contributed by atoms with Gasteiger partial charge in [-0.2, -0.15) is 5.10 Å². The van der Waals surface area contributed by atoms with Crippen LogP contribution in [0.25, 0.3) is 22.2 Å². The molecule has 0 radical (unpaired) electrons. The molecule has 2 fully saturated rings. The molecule has 150 valence electrons. The number of pyridine rings is 1. The second kappa shape index (κ2) is 8.28. The first-order chi connectivity index (χ1) is 13.7. The van der Waals surface area contributed by atoms with Crippen molar-refractivity contribution in [3.8, 4) is 11.1 Å². The molecule has 0 aromatic carbocycles. The van der Waals surface area contributed by atoms with Gasteiger partial charge >= 0.3 is 0 Å². The molecule has 3 aromatic heterocycles. The van der Waals surface area contributed by atoms with Crippen LogP contribution >= 0.6 is 0 Å². The Hall–Kier alpha value is -2.45. The third-order valence-corrected chi connectivity index (χ3v) is 5.49. The van der Waals surface area contributed by atoms with E-state index in [1.54, 1.807) is 0 Å². The van der Waals surface area contributed by atoms with Gasteiger partial charge < -0.3 is 15.0 Å². The van der Waals surface area contributed by atoms with Gasteiger partial charge in [0, 0.05) is 48.2 Å². The number of nitrogens with one attached hydrogen (secondary N) is 3. The van der Waals surface area contributed by atoms with Crippen LogP contribution in [0.5, 0.6) is 0 Å². The summed E-state index contributed by atoms with van der Waals surface area (Å²) in [5.41, 5.74) is 5.13. The first-order valence-corrected chi connectivity index (χ1v) is 9.77. The molecule has 0 saturated carbocycles. The average Bonchev–Trinajstić information content (AvgIpc) is 3.28. The smallest absolute Gasteiger partial charge is 0.139 e. The van der Waals surface area contributed by atoms with Crippen molar-refractivity contribution in [2.75, 3.05) is 38.7 Å². The number of rotatable bonds is 3. The first kappa shape index (κ1) is 18.9. The molecule has 0 aliphatic carbocycles. The van der Waals surface area contributed by atoms with Crippen LogP contribution in [0.3, 0.4) is 0 Å². The van der Waals surface area contributed by atoms with Gasteiger partial charge in [-0.3, -0.25) is 10.00 Å². The monoisotopic (exact) mass is 386 g/mol. The molecule has 1 unspecified atom stereocenters. The van der Waals surface area contributed by atoms with Gasteiger partial charge in [-0.05, 0) is 32.4 Å². The number of alkyl halides is 1. The van der Waals surface area contributed by atoms with Gasteiger partial charge in [0.1, 0.15) is 11.8 Å². The van der Waals surface area contributed by atoms with Gasteiger partial charge in [-0.15, -0.1) is 0 Å². The second-order valence-corrected chi connectivity index (χ2v) is 7.37. The maximum atomic E-state index is 12.9. The summed E-state index contributed by atoms with van der Waals surface area (Å²) in [4.78, 5) is 9.74. The number of halogens is 1. The minimum atomic E-state index is -0.593. The van der Waals surface area contributed by atoms with E-state index in [4.69, 9.17) is 4.74 Å². The van der Waals surface area contributed by atoms with Crippen molar-refractivity contribution < 1.29 is 9.13 Å². The number of fused-ring (bicyclic) bond motifs is 1. The molecular formula is C20H27FN6O. The lowest BCUT2D eigenvalue weighted by molar-refractivity contribution is -0.0780. The average molecular weight is 386 g/mol. The minimum Gasteiger partial charge on any atom is -0.387 e. The van der Waals surface area contributed by atoms with E-state index in [9.17, 15) is 4.39 Å². The Morgan fingerprint density at radius 3 is 2.79 bits per heavy atom. The molecule has 0 bridgehead atoms. The van der Waals surface area contributed by atoms with Crippen LogP contribution in [-0.4, -0.2) is 70.6 Å². The number of aromatic amines is 2. The van der Waals surface area contributed by atoms with E-state index in [1.165, 1.54) is 0 Å². The maximum Gasteiger partial charge on any atom is 0.139 e. The van der Waals surface area contributed by atoms with E-state index >= 15 is 0 Å². The van der Waals surface area contributed by atoms with Crippen molar-refractivity contribution in [1.29, 1.82) is 0 Å². The molecular weight excluding hydrogens is 359 g/mol. The third kappa shape index (κ3) is 3.74. The molecule has 5 heterocycles. The van der Waals surface area contributed by atoms with Crippen LogP contribution in [0.15, 0.2) is 24.7 Å². The Labute approximate surface area is 163 Å². The van der Waals surface area contributed by atoms with Crippen molar-refractivity contribution in [2.24, 2.45) is 0 Å². The minimum absolute atomic E-state index is 0.522. The van der Waals surface area contributed by atoms with Crippen LogP contribution in [0.1, 0.15) is 18.5 Å². The molecule has 0 amide bonds. The lowest BCUT2D eigenvalue weighted by Gasteiger charge is -2.40. The molecule has 2 aliphatic heterocycles. The summed E-state index contributed by atoms with van der Waals surface area (Å²) >= 11 is 0. The van der Waals surface area contributed by atoms with E-state index in [-0.39, 0.29) is 0 Å². The summed E-state index contributed by atoms with van der Waals surface area (Å²) in [6.45, 7) is 5.32. The van der Waals surface area contributed by atoms with Gasteiger partial charge in [-0.25, -0.2) is 9.37 Å². The largest absolute Gasteiger partial charge is 0.387 e. The zero-order chi connectivity index (χ0) is 19.5. The Bertz CT molecular complexity index is 918. The van der Waals surface area contributed by atoms with Crippen molar-refractivity contribution in [2.45, 2.75) is 32.0 Å². The van der Waals surface area contributed by atoms with Gasteiger partial charge in [0.2, 0.25) is 0 Å². The van der Waals surface area contributed by atoms with Gasteiger partial charge in [0.05, 0.1) is 31.1 Å². The highest BCUT2D eigenvalue weighted by Gasteiger charge is 2.30. The topological polar surface area (TPSA) is 81.9 Å². The third-order valence-electron chi connectivity index (χ3n) is 5.49. The summed E-state index contributed by atoms with van der Waals surface area (Å²) < 4.78 is 17.9. The number of anilines is 1. The lowest BCUT2D eigenvalue weighted by atomic mass is 10.1. The summed E-state index contributed by atoms with van der Waals surface area (Å²) in [6.07, 6.45) is 6.75. The number of piperidine rings is 1. The Kier molecular flexibility index (Phi) is 5.59. The van der Waals surface area contributed by atoms with Crippen molar-refractivity contribution in [3.63, 3.8) is 0 Å². The number of aromatic nitrogens is 4. The van der Waals surface area contributed by atoms with Crippen molar-refractivity contribution >= 4 is 16.7 Å². The molecule has 2 saturated heterocycles. The van der Waals surface area contributed by atoms with Crippen LogP contribution in [0, 0.1) is 6.92 Å². The summed E-state index contributed by atoms with van der Waals surface area (Å²) in [5, 5.41) is 11.3. The van der Waals surface area contributed by atoms with E-state index in [0.717, 1.165) is 66.1 Å². The van der Waals surface area contributed by atoms with Gasteiger partial charge in [0.25, 0.3) is 0 Å². The molecule has 3 aromatic rings. The van der Waals surface area contributed by atoms with Gasteiger partial charge in [0.15, 0.2) is 0 Å². The fraction of sp³-hybridized carbons (Fsp3) is 0.500. The molecule has 5 rings (SSSR count). The molecule has 3 N–H and O–H groups in total. The SMILES string of the molecule is CNc1c(-c2cn[nH]c2C)cnc2[nH]ccc12.FC1CCCN(C2COC2)C1. The van der Waals surface area contributed by atoms with Crippen molar-refractivity contribution in [1.82, 2.24) is 25.1 Å². The number of hydrogen-bond donors (Lipinski definition) is 3. The highest BCUT2D eigenvalue weighted by atomic mass is 19.1. The molecule has 7 nitrogen and oxygen atoms in total. The Morgan fingerprint density at radius 1 is 1.29 bits per heavy atom. The number of aryl methyl sites for hydroxylation is 1. The molecule has 8 heteroatoms. The van der Waals surface area contributed by atoms with Crippen LogP contribution in [-0.2, 0) is 4.74 Å².